The van der Waals surface area contributed by atoms with Crippen LogP contribution < -0.4 is 9.91 Å². The standard InChI is InChI=1S/C59H70N8O13S2/c60-45-82-51-19-17-49(18-20-51)66-59-53-12-3-1-9-46(53)40-64(56-15-7-5-13-54(56)58(59)62-63-66)21-22-71-23-24-74-33-35-79-50(43-78-32-30-73-27-28-76-37-38-81-44-47-10-2-6-14-55(47)67(69)70)42-77-31-29-72-25-26-75-34-36-80-61-39-48-41-65(68)57-16-8-4-11-52(48)57/h1-20,39,41,50,58-59,68H,21-38,40,42-44H2/b61-39+. The van der Waals surface area contributed by atoms with Crippen molar-refractivity contribution in [3.05, 3.63) is 165 Å². The van der Waals surface area contributed by atoms with E-state index in [2.05, 4.69) is 64.0 Å². The molecule has 2 aliphatic rings. The lowest BCUT2D eigenvalue weighted by Gasteiger charge is -2.35. The number of anilines is 2. The summed E-state index contributed by atoms with van der Waals surface area (Å²) in [5, 5.41) is 49.1. The Labute approximate surface area is 486 Å². The highest BCUT2D eigenvalue weighted by molar-refractivity contribution is 8.03. The van der Waals surface area contributed by atoms with Crippen molar-refractivity contribution in [2.45, 2.75) is 35.4 Å². The van der Waals surface area contributed by atoms with Crippen molar-refractivity contribution in [3.8, 4) is 5.40 Å². The van der Waals surface area contributed by atoms with Crippen molar-refractivity contribution in [1.82, 2.24) is 4.73 Å². The maximum Gasteiger partial charge on any atom is 0.273 e. The zero-order valence-electron chi connectivity index (χ0n) is 45.7. The van der Waals surface area contributed by atoms with Gasteiger partial charge in [-0.3, -0.25) is 10.1 Å². The number of aromatic nitrogens is 1. The molecule has 8 rings (SSSR count). The van der Waals surface area contributed by atoms with Crippen molar-refractivity contribution in [2.75, 3.05) is 141 Å². The van der Waals surface area contributed by atoms with Crippen LogP contribution in [0.4, 0.5) is 17.1 Å². The molecule has 0 saturated carbocycles. The van der Waals surface area contributed by atoms with Gasteiger partial charge in [-0.1, -0.05) is 89.2 Å². The van der Waals surface area contributed by atoms with Crippen molar-refractivity contribution in [1.29, 1.82) is 5.26 Å². The number of benzene rings is 5. The molecule has 0 bridgehead atoms. The summed E-state index contributed by atoms with van der Waals surface area (Å²) < 4.78 is 53.8. The first-order valence-electron chi connectivity index (χ1n) is 27.2. The number of hydrogen-bond donors (Lipinski definition) is 1. The number of para-hydroxylation sites is 3. The maximum atomic E-state index is 11.3. The van der Waals surface area contributed by atoms with Crippen LogP contribution in [-0.4, -0.2) is 158 Å². The lowest BCUT2D eigenvalue weighted by Crippen LogP contribution is -2.33. The molecule has 0 fully saturated rings. The summed E-state index contributed by atoms with van der Waals surface area (Å²) in [6.07, 6.45) is 2.78. The Morgan fingerprint density at radius 2 is 1.32 bits per heavy atom. The number of ether oxygens (including phenoxy) is 9. The second kappa shape index (κ2) is 34.7. The molecule has 3 atom stereocenters. The first-order valence-corrected chi connectivity index (χ1v) is 29.2. The predicted octanol–water partition coefficient (Wildman–Crippen LogP) is 9.85. The first kappa shape index (κ1) is 61.4. The molecule has 3 unspecified atom stereocenters. The molecule has 0 aliphatic carbocycles. The van der Waals surface area contributed by atoms with Gasteiger partial charge in [0.25, 0.3) is 5.69 Å². The highest BCUT2D eigenvalue weighted by atomic mass is 32.2. The molecule has 1 aromatic heterocycles. The molecule has 436 valence electrons. The van der Waals surface area contributed by atoms with Crippen molar-refractivity contribution in [2.24, 2.45) is 15.5 Å². The smallest absolute Gasteiger partial charge is 0.273 e. The Morgan fingerprint density at radius 3 is 2.05 bits per heavy atom. The van der Waals surface area contributed by atoms with Gasteiger partial charge < -0.3 is 57.6 Å². The fourth-order valence-corrected chi connectivity index (χ4v) is 10.4. The summed E-state index contributed by atoms with van der Waals surface area (Å²) in [6.45, 7) is 8.07. The van der Waals surface area contributed by atoms with E-state index in [1.54, 1.807) is 42.4 Å². The van der Waals surface area contributed by atoms with Gasteiger partial charge in [0.1, 0.15) is 30.2 Å². The van der Waals surface area contributed by atoms with E-state index in [0.717, 1.165) is 54.8 Å². The molecule has 0 radical (unpaired) electrons. The van der Waals surface area contributed by atoms with E-state index in [-0.39, 0.29) is 48.6 Å². The highest BCUT2D eigenvalue weighted by Gasteiger charge is 2.40. The van der Waals surface area contributed by atoms with Crippen LogP contribution in [0, 0.1) is 20.8 Å². The minimum atomic E-state index is -0.359. The Bertz CT molecular complexity index is 2970. The van der Waals surface area contributed by atoms with E-state index >= 15 is 0 Å². The number of nitrogens with zero attached hydrogens (tertiary/aromatic N) is 8. The van der Waals surface area contributed by atoms with Gasteiger partial charge in [-0.2, -0.15) is 26.9 Å². The van der Waals surface area contributed by atoms with E-state index in [1.165, 1.54) is 11.6 Å². The third-order valence-corrected chi connectivity index (χ3v) is 14.7. The minimum absolute atomic E-state index is 0.135. The molecule has 5 aromatic carbocycles. The summed E-state index contributed by atoms with van der Waals surface area (Å²) in [5.74, 6) is 1.25. The van der Waals surface area contributed by atoms with Gasteiger partial charge in [0, 0.05) is 63.3 Å². The van der Waals surface area contributed by atoms with Gasteiger partial charge in [-0.15, -0.1) is 0 Å². The van der Waals surface area contributed by atoms with Crippen LogP contribution in [0.3, 0.4) is 0 Å². The maximum absolute atomic E-state index is 11.3. The molecule has 0 saturated heterocycles. The van der Waals surface area contributed by atoms with Crippen LogP contribution in [0.15, 0.2) is 148 Å². The van der Waals surface area contributed by atoms with Crippen molar-refractivity contribution < 1.29 is 57.6 Å². The molecule has 6 aromatic rings. The SMILES string of the molecule is N#CSc1ccc(N2N=NC3c4ccccc4N(CCOCCOCCOC(COCCOCCOCCO/N=C/c4cn(O)c5ccccc45)COCCOCCOCCSCc4ccccc4[N+](=O)[O-])Cc4ccccc4C32)cc1. The Balaban J connectivity index is 0.704. The molecule has 21 nitrogen and oxygen atoms in total. The normalized spacial score (nSPS) is 15.1. The molecule has 1 N–H and O–H groups in total. The molecule has 23 heteroatoms. The predicted molar refractivity (Wildman–Crippen MR) is 313 cm³/mol. The largest absolute Gasteiger partial charge is 0.428 e. The number of fused-ring (bicyclic) bond motifs is 6. The number of thiocyanates is 1. The second-order valence-corrected chi connectivity index (χ2v) is 20.5. The third kappa shape index (κ3) is 18.9. The summed E-state index contributed by atoms with van der Waals surface area (Å²) in [4.78, 5) is 19.5. The van der Waals surface area contributed by atoms with E-state index in [9.17, 15) is 15.3 Å². The van der Waals surface area contributed by atoms with Crippen LogP contribution in [0.1, 0.15) is 39.9 Å². The summed E-state index contributed by atoms with van der Waals surface area (Å²) in [6, 6.07) is 38.6. The van der Waals surface area contributed by atoms with E-state index in [0.29, 0.717) is 135 Å². The number of rotatable bonds is 39. The number of nitriles is 1. The van der Waals surface area contributed by atoms with Crippen LogP contribution in [0.5, 0.6) is 0 Å². The highest BCUT2D eigenvalue weighted by Crippen LogP contribution is 2.49. The van der Waals surface area contributed by atoms with Crippen LogP contribution in [0.2, 0.25) is 0 Å². The van der Waals surface area contributed by atoms with Gasteiger partial charge in [-0.25, -0.2) is 5.01 Å². The molecule has 82 heavy (non-hydrogen) atoms. The average molecular weight is 1160 g/mol. The minimum Gasteiger partial charge on any atom is -0.428 e. The van der Waals surface area contributed by atoms with Gasteiger partial charge in [0.05, 0.1) is 141 Å². The Kier molecular flexibility index (Phi) is 26.0. The number of thioether (sulfide) groups is 2. The summed E-state index contributed by atoms with van der Waals surface area (Å²) in [7, 11) is 0. The quantitative estimate of drug-likeness (QED) is 0.00720. The van der Waals surface area contributed by atoms with Gasteiger partial charge in [0.15, 0.2) is 0 Å². The molecule has 0 spiro atoms. The average Bonchev–Trinajstić information content (AvgIpc) is 3.94. The molecular weight excluding hydrogens is 1090 g/mol. The van der Waals surface area contributed by atoms with Gasteiger partial charge in [0.2, 0.25) is 0 Å². The topological polar surface area (TPSA) is 228 Å². The van der Waals surface area contributed by atoms with E-state index < -0.39 is 0 Å². The summed E-state index contributed by atoms with van der Waals surface area (Å²) in [5.41, 5.74) is 7.73. The van der Waals surface area contributed by atoms with Crippen molar-refractivity contribution in [3.63, 3.8) is 0 Å². The monoisotopic (exact) mass is 1160 g/mol. The van der Waals surface area contributed by atoms with Crippen LogP contribution in [-0.2, 0) is 59.8 Å². The van der Waals surface area contributed by atoms with Gasteiger partial charge in [-0.05, 0) is 59.3 Å². The second-order valence-electron chi connectivity index (χ2n) is 18.6. The zero-order chi connectivity index (χ0) is 56.8. The fourth-order valence-electron chi connectivity index (χ4n) is 9.18. The Morgan fingerprint density at radius 1 is 0.707 bits per heavy atom. The number of hydrogen-bond acceptors (Lipinski definition) is 21. The zero-order valence-corrected chi connectivity index (χ0v) is 47.4. The lowest BCUT2D eigenvalue weighted by atomic mass is 9.87. The Hall–Kier alpha value is -6.66. The first-order chi connectivity index (χ1) is 40.5. The number of nitro groups is 1. The fraction of sp³-hybridized carbons (Fsp3) is 0.424. The van der Waals surface area contributed by atoms with Crippen LogP contribution >= 0.6 is 23.5 Å². The molecule has 3 heterocycles. The van der Waals surface area contributed by atoms with E-state index in [1.807, 2.05) is 53.5 Å². The van der Waals surface area contributed by atoms with Crippen molar-refractivity contribution >= 4 is 57.7 Å². The van der Waals surface area contributed by atoms with Gasteiger partial charge >= 0.3 is 0 Å². The van der Waals surface area contributed by atoms with Crippen LogP contribution in [0.25, 0.3) is 10.9 Å². The number of oxime groups is 1. The third-order valence-electron chi connectivity index (χ3n) is 13.1. The molecular formula is C59H70N8O13S2. The summed E-state index contributed by atoms with van der Waals surface area (Å²) >= 11 is 2.72. The number of nitro benzene ring substituents is 1. The molecule has 0 amide bonds. The van der Waals surface area contributed by atoms with E-state index in [4.69, 9.17) is 63.1 Å². The molecule has 2 aliphatic heterocycles. The lowest BCUT2D eigenvalue weighted by molar-refractivity contribution is -0.385.